The van der Waals surface area contributed by atoms with Crippen molar-refractivity contribution in [2.75, 3.05) is 0 Å². The molecule has 1 nitrogen and oxygen atoms in total. The molecule has 0 aromatic rings. The molecule has 0 N–H and O–H groups in total. The normalized spacial score (nSPS) is 12.6. The van der Waals surface area contributed by atoms with E-state index in [4.69, 9.17) is 4.43 Å². The Labute approximate surface area is 66.5 Å². The largest absolute Gasteiger partial charge is 0.412 e. The van der Waals surface area contributed by atoms with Gasteiger partial charge in [0, 0.05) is 5.60 Å². The van der Waals surface area contributed by atoms with E-state index < -0.39 is 9.04 Å². The first-order chi connectivity index (χ1) is 4.49. The smallest absolute Gasteiger partial charge is 0.211 e. The first-order valence-electron chi connectivity index (χ1n) is 4.03. The van der Waals surface area contributed by atoms with Crippen molar-refractivity contribution in [3.63, 3.8) is 0 Å². The molecule has 0 aliphatic heterocycles. The van der Waals surface area contributed by atoms with Crippen LogP contribution in [-0.2, 0) is 4.43 Å². The zero-order valence-corrected chi connectivity index (χ0v) is 8.82. The minimum Gasteiger partial charge on any atom is -0.412 e. The molecular formula is C8H19OSi. The monoisotopic (exact) mass is 159 g/mol. The molecule has 0 amide bonds. The van der Waals surface area contributed by atoms with Gasteiger partial charge in [-0.15, -0.1) is 0 Å². The van der Waals surface area contributed by atoms with E-state index in [-0.39, 0.29) is 5.60 Å². The highest BCUT2D eigenvalue weighted by atomic mass is 28.3. The van der Waals surface area contributed by atoms with E-state index in [2.05, 4.69) is 34.6 Å². The number of hydrogen-bond donors (Lipinski definition) is 0. The lowest BCUT2D eigenvalue weighted by Gasteiger charge is -2.24. The van der Waals surface area contributed by atoms with E-state index in [1.165, 1.54) is 12.1 Å². The van der Waals surface area contributed by atoms with Gasteiger partial charge < -0.3 is 4.43 Å². The van der Waals surface area contributed by atoms with E-state index in [9.17, 15) is 0 Å². The van der Waals surface area contributed by atoms with Gasteiger partial charge in [-0.3, -0.25) is 0 Å². The summed E-state index contributed by atoms with van der Waals surface area (Å²) in [4.78, 5) is 0. The molecular weight excluding hydrogens is 140 g/mol. The van der Waals surface area contributed by atoms with E-state index >= 15 is 0 Å². The Morgan fingerprint density at radius 3 is 1.60 bits per heavy atom. The molecule has 0 saturated heterocycles. The molecule has 10 heavy (non-hydrogen) atoms. The van der Waals surface area contributed by atoms with Crippen LogP contribution in [0.4, 0.5) is 0 Å². The molecule has 0 aliphatic rings. The highest BCUT2D eigenvalue weighted by Gasteiger charge is 2.17. The summed E-state index contributed by atoms with van der Waals surface area (Å²) in [6.45, 7) is 10.8. The molecule has 1 radical (unpaired) electrons. The molecule has 0 bridgehead atoms. The fourth-order valence-corrected chi connectivity index (χ4v) is 2.48. The number of rotatable bonds is 3. The van der Waals surface area contributed by atoms with Crippen molar-refractivity contribution in [1.82, 2.24) is 0 Å². The van der Waals surface area contributed by atoms with Gasteiger partial charge in [-0.25, -0.2) is 0 Å². The van der Waals surface area contributed by atoms with Crippen molar-refractivity contribution in [2.45, 2.75) is 52.3 Å². The summed E-state index contributed by atoms with van der Waals surface area (Å²) >= 11 is 0. The maximum atomic E-state index is 5.84. The van der Waals surface area contributed by atoms with Gasteiger partial charge in [0.2, 0.25) is 9.04 Å². The Balaban J connectivity index is 3.63. The van der Waals surface area contributed by atoms with Gasteiger partial charge in [-0.05, 0) is 32.9 Å². The molecule has 2 heteroatoms. The highest BCUT2D eigenvalue weighted by Crippen LogP contribution is 2.12. The van der Waals surface area contributed by atoms with E-state index in [0.29, 0.717) is 0 Å². The molecule has 0 fully saturated rings. The maximum absolute atomic E-state index is 5.84. The summed E-state index contributed by atoms with van der Waals surface area (Å²) in [7, 11) is -0.481. The summed E-state index contributed by atoms with van der Waals surface area (Å²) in [5.74, 6) is 0. The second-order valence-corrected chi connectivity index (χ2v) is 6.16. The molecule has 0 saturated carbocycles. The zero-order chi connectivity index (χ0) is 8.20. The highest BCUT2D eigenvalue weighted by molar-refractivity contribution is 6.51. The van der Waals surface area contributed by atoms with Crippen LogP contribution >= 0.6 is 0 Å². The summed E-state index contributed by atoms with van der Waals surface area (Å²) in [6.07, 6.45) is 0. The first kappa shape index (κ1) is 10.2. The van der Waals surface area contributed by atoms with Crippen molar-refractivity contribution >= 4 is 9.04 Å². The SMILES string of the molecule is CC[Si](CC)OC(C)(C)C. The fourth-order valence-electron chi connectivity index (χ4n) is 0.827. The third-order valence-corrected chi connectivity index (χ3v) is 3.72. The molecule has 0 aliphatic carbocycles. The zero-order valence-electron chi connectivity index (χ0n) is 7.82. The third kappa shape index (κ3) is 5.00. The van der Waals surface area contributed by atoms with Gasteiger partial charge in [0.25, 0.3) is 0 Å². The quantitative estimate of drug-likeness (QED) is 0.575. The van der Waals surface area contributed by atoms with Crippen LogP contribution in [0.5, 0.6) is 0 Å². The topological polar surface area (TPSA) is 9.23 Å². The van der Waals surface area contributed by atoms with Crippen LogP contribution < -0.4 is 0 Å². The van der Waals surface area contributed by atoms with Crippen LogP contribution in [0, 0.1) is 0 Å². The lowest BCUT2D eigenvalue weighted by Crippen LogP contribution is -2.29. The van der Waals surface area contributed by atoms with Crippen LogP contribution in [-0.4, -0.2) is 14.6 Å². The summed E-state index contributed by atoms with van der Waals surface area (Å²) in [5.41, 5.74) is 0.0698. The second kappa shape index (κ2) is 4.14. The molecule has 0 unspecified atom stereocenters. The molecule has 0 atom stereocenters. The van der Waals surface area contributed by atoms with Crippen molar-refractivity contribution in [3.05, 3.63) is 0 Å². The van der Waals surface area contributed by atoms with Gasteiger partial charge in [0.15, 0.2) is 0 Å². The van der Waals surface area contributed by atoms with Crippen LogP contribution in [0.25, 0.3) is 0 Å². The first-order valence-corrected chi connectivity index (χ1v) is 5.85. The summed E-state index contributed by atoms with van der Waals surface area (Å²) in [5, 5.41) is 0. The third-order valence-electron chi connectivity index (χ3n) is 1.24. The molecule has 61 valence electrons. The Morgan fingerprint density at radius 2 is 1.50 bits per heavy atom. The fraction of sp³-hybridized carbons (Fsp3) is 1.00. The van der Waals surface area contributed by atoms with Gasteiger partial charge in [-0.2, -0.15) is 0 Å². The molecule has 0 aromatic heterocycles. The van der Waals surface area contributed by atoms with Crippen LogP contribution in [0.2, 0.25) is 12.1 Å². The second-order valence-electron chi connectivity index (χ2n) is 3.46. The molecule has 0 heterocycles. The van der Waals surface area contributed by atoms with Gasteiger partial charge >= 0.3 is 0 Å². The van der Waals surface area contributed by atoms with E-state index in [0.717, 1.165) is 0 Å². The average Bonchev–Trinajstić information content (AvgIpc) is 1.81. The van der Waals surface area contributed by atoms with Crippen LogP contribution in [0.15, 0.2) is 0 Å². The van der Waals surface area contributed by atoms with Crippen molar-refractivity contribution < 1.29 is 4.43 Å². The van der Waals surface area contributed by atoms with Crippen LogP contribution in [0.1, 0.15) is 34.6 Å². The van der Waals surface area contributed by atoms with Gasteiger partial charge in [-0.1, -0.05) is 13.8 Å². The van der Waals surface area contributed by atoms with Crippen molar-refractivity contribution in [3.8, 4) is 0 Å². The average molecular weight is 159 g/mol. The molecule has 0 rings (SSSR count). The predicted octanol–water partition coefficient (Wildman–Crippen LogP) is 2.83. The molecule has 0 aromatic carbocycles. The van der Waals surface area contributed by atoms with Crippen molar-refractivity contribution in [1.29, 1.82) is 0 Å². The Hall–Kier alpha value is 0.177. The summed E-state index contributed by atoms with van der Waals surface area (Å²) in [6, 6.07) is 2.44. The number of hydrogen-bond acceptors (Lipinski definition) is 1. The lowest BCUT2D eigenvalue weighted by molar-refractivity contribution is 0.128. The standard InChI is InChI=1S/C8H19OSi/c1-6-10(7-2)9-8(3,4)5/h6-7H2,1-5H3. The molecule has 0 spiro atoms. The summed E-state index contributed by atoms with van der Waals surface area (Å²) < 4.78 is 5.84. The van der Waals surface area contributed by atoms with Gasteiger partial charge in [0.05, 0.1) is 0 Å². The van der Waals surface area contributed by atoms with E-state index in [1.807, 2.05) is 0 Å². The lowest BCUT2D eigenvalue weighted by atomic mass is 10.2. The van der Waals surface area contributed by atoms with Crippen molar-refractivity contribution in [2.24, 2.45) is 0 Å². The minimum absolute atomic E-state index is 0.0698. The Kier molecular flexibility index (Phi) is 4.21. The predicted molar refractivity (Wildman–Crippen MR) is 47.6 cm³/mol. The Morgan fingerprint density at radius 1 is 1.10 bits per heavy atom. The minimum atomic E-state index is -0.481. The maximum Gasteiger partial charge on any atom is 0.211 e. The Bertz CT molecular complexity index is 81.7. The van der Waals surface area contributed by atoms with Gasteiger partial charge in [0.1, 0.15) is 0 Å². The van der Waals surface area contributed by atoms with Crippen LogP contribution in [0.3, 0.4) is 0 Å². The van der Waals surface area contributed by atoms with E-state index in [1.54, 1.807) is 0 Å².